The summed E-state index contributed by atoms with van der Waals surface area (Å²) in [5.41, 5.74) is 0.193. The number of carboxylic acid groups (broad SMARTS) is 1. The monoisotopic (exact) mass is 268 g/mol. The first-order valence-electron chi connectivity index (χ1n) is 4.96. The Morgan fingerprint density at radius 1 is 1.06 bits per heavy atom. The van der Waals surface area contributed by atoms with Gasteiger partial charge >= 0.3 is 5.97 Å². The van der Waals surface area contributed by atoms with Crippen LogP contribution in [-0.2, 0) is 0 Å². The molecule has 0 radical (unpaired) electrons. The van der Waals surface area contributed by atoms with Crippen LogP contribution in [0.1, 0.15) is 10.4 Å². The van der Waals surface area contributed by atoms with E-state index in [1.807, 2.05) is 0 Å². The summed E-state index contributed by atoms with van der Waals surface area (Å²) in [6.45, 7) is 0. The number of hydrogen-bond donors (Lipinski definition) is 1. The fourth-order valence-electron chi connectivity index (χ4n) is 1.65. The molecule has 0 aliphatic carbocycles. The molecule has 0 aromatic heterocycles. The molecular weight excluding hydrogens is 262 g/mol. The van der Waals surface area contributed by atoms with Gasteiger partial charge in [0.2, 0.25) is 0 Å². The maximum atomic E-state index is 13.2. The van der Waals surface area contributed by atoms with Crippen LogP contribution in [0, 0.1) is 11.6 Å². The van der Waals surface area contributed by atoms with Crippen molar-refractivity contribution in [3.8, 4) is 11.1 Å². The molecular formula is C13H7ClF2O2. The van der Waals surface area contributed by atoms with Crippen molar-refractivity contribution in [3.05, 3.63) is 58.6 Å². The van der Waals surface area contributed by atoms with Crippen molar-refractivity contribution in [1.82, 2.24) is 0 Å². The fourth-order valence-corrected chi connectivity index (χ4v) is 1.87. The van der Waals surface area contributed by atoms with Gasteiger partial charge in [-0.15, -0.1) is 0 Å². The van der Waals surface area contributed by atoms with E-state index in [1.165, 1.54) is 6.07 Å². The summed E-state index contributed by atoms with van der Waals surface area (Å²) in [6.07, 6.45) is 0. The quantitative estimate of drug-likeness (QED) is 0.894. The molecule has 0 aliphatic rings. The molecule has 0 spiro atoms. The largest absolute Gasteiger partial charge is 0.478 e. The van der Waals surface area contributed by atoms with E-state index in [0.29, 0.717) is 0 Å². The van der Waals surface area contributed by atoms with Crippen LogP contribution < -0.4 is 0 Å². The summed E-state index contributed by atoms with van der Waals surface area (Å²) in [4.78, 5) is 11.0. The molecule has 2 aromatic carbocycles. The van der Waals surface area contributed by atoms with Gasteiger partial charge in [-0.1, -0.05) is 11.6 Å². The third kappa shape index (κ3) is 2.49. The number of aromatic carboxylic acids is 1. The highest BCUT2D eigenvalue weighted by Gasteiger charge is 2.13. The zero-order valence-electron chi connectivity index (χ0n) is 8.95. The maximum Gasteiger partial charge on any atom is 0.336 e. The number of halogens is 3. The fraction of sp³-hybridized carbons (Fsp3) is 0. The molecule has 0 saturated carbocycles. The lowest BCUT2D eigenvalue weighted by atomic mass is 9.99. The zero-order valence-corrected chi connectivity index (χ0v) is 9.71. The predicted octanol–water partition coefficient (Wildman–Crippen LogP) is 3.98. The minimum Gasteiger partial charge on any atom is -0.478 e. The first kappa shape index (κ1) is 12.5. The van der Waals surface area contributed by atoms with Crippen LogP contribution in [0.2, 0.25) is 5.02 Å². The Labute approximate surface area is 106 Å². The van der Waals surface area contributed by atoms with E-state index in [0.717, 1.165) is 30.3 Å². The molecule has 0 amide bonds. The molecule has 0 fully saturated rings. The molecule has 5 heteroatoms. The summed E-state index contributed by atoms with van der Waals surface area (Å²) in [5, 5.41) is 9.12. The SMILES string of the molecule is O=C(O)c1ccc(F)cc1-c1cc(F)cc(Cl)c1. The molecule has 0 aliphatic heterocycles. The van der Waals surface area contributed by atoms with Gasteiger partial charge in [-0.2, -0.15) is 0 Å². The lowest BCUT2D eigenvalue weighted by Crippen LogP contribution is -2.00. The highest BCUT2D eigenvalue weighted by atomic mass is 35.5. The first-order valence-corrected chi connectivity index (χ1v) is 5.34. The maximum absolute atomic E-state index is 13.2. The smallest absolute Gasteiger partial charge is 0.336 e. The number of benzene rings is 2. The summed E-state index contributed by atoms with van der Waals surface area (Å²) in [6, 6.07) is 6.78. The third-order valence-corrected chi connectivity index (χ3v) is 2.60. The Morgan fingerprint density at radius 3 is 2.39 bits per heavy atom. The molecule has 2 nitrogen and oxygen atoms in total. The Morgan fingerprint density at radius 2 is 1.78 bits per heavy atom. The van der Waals surface area contributed by atoms with E-state index in [2.05, 4.69) is 0 Å². The molecule has 1 N–H and O–H groups in total. The van der Waals surface area contributed by atoms with Gasteiger partial charge in [0, 0.05) is 5.02 Å². The minimum atomic E-state index is -1.22. The van der Waals surface area contributed by atoms with E-state index in [9.17, 15) is 13.6 Å². The second kappa shape index (κ2) is 4.74. The van der Waals surface area contributed by atoms with Crippen molar-refractivity contribution in [1.29, 1.82) is 0 Å². The summed E-state index contributed by atoms with van der Waals surface area (Å²) >= 11 is 5.69. The molecule has 92 valence electrons. The van der Waals surface area contributed by atoms with Crippen molar-refractivity contribution in [3.63, 3.8) is 0 Å². The molecule has 0 atom stereocenters. The van der Waals surface area contributed by atoms with Crippen molar-refractivity contribution in [2.45, 2.75) is 0 Å². The first-order chi connectivity index (χ1) is 8.47. The van der Waals surface area contributed by atoms with Gasteiger partial charge in [0.05, 0.1) is 5.56 Å². The normalized spacial score (nSPS) is 10.4. The summed E-state index contributed by atoms with van der Waals surface area (Å²) in [5.74, 6) is -2.43. The standard InChI is InChI=1S/C13H7ClF2O2/c14-8-3-7(4-10(16)5-8)12-6-9(15)1-2-11(12)13(17)18/h1-6H,(H,17,18). The van der Waals surface area contributed by atoms with Crippen molar-refractivity contribution < 1.29 is 18.7 Å². The van der Waals surface area contributed by atoms with Crippen LogP contribution in [0.25, 0.3) is 11.1 Å². The Balaban J connectivity index is 2.68. The topological polar surface area (TPSA) is 37.3 Å². The van der Waals surface area contributed by atoms with Crippen LogP contribution in [0.15, 0.2) is 36.4 Å². The summed E-state index contributed by atoms with van der Waals surface area (Å²) in [7, 11) is 0. The van der Waals surface area contributed by atoms with E-state index >= 15 is 0 Å². The molecule has 18 heavy (non-hydrogen) atoms. The van der Waals surface area contributed by atoms with Crippen LogP contribution >= 0.6 is 11.6 Å². The van der Waals surface area contributed by atoms with Gasteiger partial charge in [0.15, 0.2) is 0 Å². The van der Waals surface area contributed by atoms with Crippen LogP contribution in [-0.4, -0.2) is 11.1 Å². The number of carboxylic acids is 1. The second-order valence-electron chi connectivity index (χ2n) is 3.65. The molecule has 0 bridgehead atoms. The average Bonchev–Trinajstić information content (AvgIpc) is 2.27. The van der Waals surface area contributed by atoms with Gasteiger partial charge in [-0.05, 0) is 47.5 Å². The van der Waals surface area contributed by atoms with Crippen molar-refractivity contribution >= 4 is 17.6 Å². The van der Waals surface area contributed by atoms with E-state index < -0.39 is 17.6 Å². The second-order valence-corrected chi connectivity index (χ2v) is 4.09. The summed E-state index contributed by atoms with van der Waals surface area (Å²) < 4.78 is 26.4. The van der Waals surface area contributed by atoms with E-state index in [-0.39, 0.29) is 21.7 Å². The van der Waals surface area contributed by atoms with Crippen LogP contribution in [0.3, 0.4) is 0 Å². The lowest BCUT2D eigenvalue weighted by molar-refractivity contribution is 0.0697. The molecule has 0 unspecified atom stereocenters. The highest BCUT2D eigenvalue weighted by molar-refractivity contribution is 6.30. The van der Waals surface area contributed by atoms with Gasteiger partial charge < -0.3 is 5.11 Å². The van der Waals surface area contributed by atoms with Gasteiger partial charge in [0.25, 0.3) is 0 Å². The van der Waals surface area contributed by atoms with Crippen LogP contribution in [0.4, 0.5) is 8.78 Å². The number of rotatable bonds is 2. The predicted molar refractivity (Wildman–Crippen MR) is 63.8 cm³/mol. The van der Waals surface area contributed by atoms with E-state index in [1.54, 1.807) is 0 Å². The van der Waals surface area contributed by atoms with Gasteiger partial charge in [0.1, 0.15) is 11.6 Å². The zero-order chi connectivity index (χ0) is 13.3. The van der Waals surface area contributed by atoms with Crippen molar-refractivity contribution in [2.75, 3.05) is 0 Å². The average molecular weight is 269 g/mol. The Kier molecular flexibility index (Phi) is 3.30. The molecule has 0 heterocycles. The van der Waals surface area contributed by atoms with Gasteiger partial charge in [-0.25, -0.2) is 13.6 Å². The highest BCUT2D eigenvalue weighted by Crippen LogP contribution is 2.28. The van der Waals surface area contributed by atoms with Crippen molar-refractivity contribution in [2.24, 2.45) is 0 Å². The van der Waals surface area contributed by atoms with E-state index in [4.69, 9.17) is 16.7 Å². The molecule has 0 saturated heterocycles. The lowest BCUT2D eigenvalue weighted by Gasteiger charge is -2.07. The molecule has 2 aromatic rings. The molecule has 2 rings (SSSR count). The Bertz CT molecular complexity index is 606. The third-order valence-electron chi connectivity index (χ3n) is 2.39. The Hall–Kier alpha value is -1.94. The number of carbonyl (C=O) groups is 1. The van der Waals surface area contributed by atoms with Crippen LogP contribution in [0.5, 0.6) is 0 Å². The van der Waals surface area contributed by atoms with Gasteiger partial charge in [-0.3, -0.25) is 0 Å². The minimum absolute atomic E-state index is 0.0869. The number of hydrogen-bond acceptors (Lipinski definition) is 1.